The van der Waals surface area contributed by atoms with Crippen molar-refractivity contribution in [1.29, 1.82) is 0 Å². The van der Waals surface area contributed by atoms with Gasteiger partial charge in [0, 0.05) is 11.8 Å². The van der Waals surface area contributed by atoms with Crippen molar-refractivity contribution in [2.45, 2.75) is 19.8 Å². The lowest BCUT2D eigenvalue weighted by atomic mass is 10.0. The van der Waals surface area contributed by atoms with Crippen LogP contribution in [0.5, 0.6) is 5.75 Å². The van der Waals surface area contributed by atoms with Crippen LogP contribution in [0.4, 0.5) is 5.69 Å². The van der Waals surface area contributed by atoms with E-state index >= 15 is 0 Å². The maximum Gasteiger partial charge on any atom is 0.248 e. The fraction of sp³-hybridized carbons (Fsp3) is 0.211. The number of nitrogens with one attached hydrogen (secondary N) is 1. The molecule has 0 aromatic heterocycles. The highest BCUT2D eigenvalue weighted by atomic mass is 79.9. The van der Waals surface area contributed by atoms with Crippen molar-refractivity contribution in [2.75, 3.05) is 12.4 Å². The lowest BCUT2D eigenvalue weighted by Crippen LogP contribution is -2.07. The first-order chi connectivity index (χ1) is 11.0. The number of carbonyl (C=O) groups excluding carboxylic acids is 1. The second-order valence-electron chi connectivity index (χ2n) is 5.49. The Hall–Kier alpha value is -2.07. The minimum atomic E-state index is -0.171. The molecule has 0 radical (unpaired) electrons. The number of amides is 1. The number of hydrogen-bond donors (Lipinski definition) is 1. The molecule has 0 unspecified atom stereocenters. The third kappa shape index (κ3) is 4.96. The maximum atomic E-state index is 12.0. The van der Waals surface area contributed by atoms with Crippen LogP contribution < -0.4 is 10.1 Å². The molecule has 0 fully saturated rings. The molecule has 2 aromatic carbocycles. The molecule has 0 heterocycles. The van der Waals surface area contributed by atoms with Crippen LogP contribution in [-0.4, -0.2) is 13.0 Å². The summed E-state index contributed by atoms with van der Waals surface area (Å²) in [6, 6.07) is 13.6. The van der Waals surface area contributed by atoms with Gasteiger partial charge in [-0.15, -0.1) is 0 Å². The minimum absolute atomic E-state index is 0.171. The van der Waals surface area contributed by atoms with Crippen LogP contribution in [0.3, 0.4) is 0 Å². The molecule has 0 aliphatic carbocycles. The molecule has 2 aromatic rings. The third-order valence-electron chi connectivity index (χ3n) is 3.45. The van der Waals surface area contributed by atoms with E-state index in [1.165, 1.54) is 11.6 Å². The van der Waals surface area contributed by atoms with Crippen molar-refractivity contribution in [1.82, 2.24) is 0 Å². The number of ether oxygens (including phenoxy) is 1. The van der Waals surface area contributed by atoms with Gasteiger partial charge in [-0.1, -0.05) is 38.1 Å². The predicted molar refractivity (Wildman–Crippen MR) is 98.9 cm³/mol. The van der Waals surface area contributed by atoms with Gasteiger partial charge >= 0.3 is 0 Å². The molecule has 0 aliphatic heterocycles. The molecule has 3 nitrogen and oxygen atoms in total. The first-order valence-corrected chi connectivity index (χ1v) is 8.21. The number of halogens is 1. The van der Waals surface area contributed by atoms with Gasteiger partial charge in [0.2, 0.25) is 5.91 Å². The minimum Gasteiger partial charge on any atom is -0.496 e. The largest absolute Gasteiger partial charge is 0.496 e. The molecule has 0 aliphatic rings. The van der Waals surface area contributed by atoms with Crippen molar-refractivity contribution in [2.24, 2.45) is 0 Å². The van der Waals surface area contributed by atoms with Crippen molar-refractivity contribution in [3.05, 3.63) is 64.1 Å². The first kappa shape index (κ1) is 17.3. The van der Waals surface area contributed by atoms with Crippen LogP contribution in [0.2, 0.25) is 0 Å². The van der Waals surface area contributed by atoms with E-state index in [2.05, 4.69) is 47.2 Å². The van der Waals surface area contributed by atoms with Gasteiger partial charge in [-0.2, -0.15) is 0 Å². The van der Waals surface area contributed by atoms with Gasteiger partial charge in [0.25, 0.3) is 0 Å². The molecule has 0 saturated carbocycles. The van der Waals surface area contributed by atoms with Crippen LogP contribution in [0.25, 0.3) is 6.08 Å². The molecule has 1 amide bonds. The van der Waals surface area contributed by atoms with E-state index in [9.17, 15) is 4.79 Å². The monoisotopic (exact) mass is 373 g/mol. The van der Waals surface area contributed by atoms with Crippen LogP contribution in [0.15, 0.2) is 53.0 Å². The lowest BCUT2D eigenvalue weighted by Gasteiger charge is -2.07. The third-order valence-corrected chi connectivity index (χ3v) is 4.07. The molecule has 0 spiro atoms. The summed E-state index contributed by atoms with van der Waals surface area (Å²) in [7, 11) is 1.60. The van der Waals surface area contributed by atoms with Crippen LogP contribution >= 0.6 is 15.9 Å². The van der Waals surface area contributed by atoms with E-state index in [-0.39, 0.29) is 5.91 Å². The summed E-state index contributed by atoms with van der Waals surface area (Å²) in [5.41, 5.74) is 3.00. The topological polar surface area (TPSA) is 38.3 Å². The van der Waals surface area contributed by atoms with E-state index in [1.807, 2.05) is 18.2 Å². The quantitative estimate of drug-likeness (QED) is 0.728. The molecule has 0 saturated heterocycles. The number of benzene rings is 2. The Morgan fingerprint density at radius 1 is 1.17 bits per heavy atom. The number of carbonyl (C=O) groups is 1. The first-order valence-electron chi connectivity index (χ1n) is 7.42. The molecule has 120 valence electrons. The average Bonchev–Trinajstić information content (AvgIpc) is 2.53. The zero-order valence-corrected chi connectivity index (χ0v) is 15.1. The Morgan fingerprint density at radius 3 is 2.43 bits per heavy atom. The molecule has 2 rings (SSSR count). The van der Waals surface area contributed by atoms with E-state index in [0.29, 0.717) is 11.6 Å². The van der Waals surface area contributed by atoms with Crippen molar-refractivity contribution < 1.29 is 9.53 Å². The van der Waals surface area contributed by atoms with Gasteiger partial charge in [-0.25, -0.2) is 0 Å². The molecule has 4 heteroatoms. The molecular formula is C19H20BrNO2. The van der Waals surface area contributed by atoms with Gasteiger partial charge in [0.05, 0.1) is 11.6 Å². The normalized spacial score (nSPS) is 11.0. The Labute approximate surface area is 145 Å². The highest BCUT2D eigenvalue weighted by Crippen LogP contribution is 2.27. The molecular weight excluding hydrogens is 354 g/mol. The zero-order chi connectivity index (χ0) is 16.8. The van der Waals surface area contributed by atoms with Gasteiger partial charge in [-0.3, -0.25) is 4.79 Å². The summed E-state index contributed by atoms with van der Waals surface area (Å²) in [4.78, 5) is 12.0. The van der Waals surface area contributed by atoms with Gasteiger partial charge in [0.1, 0.15) is 5.75 Å². The summed E-state index contributed by atoms with van der Waals surface area (Å²) in [5, 5.41) is 2.82. The SMILES string of the molecule is COc1ccc(NC(=O)C=Cc2ccc(C(C)C)cc2)cc1Br. The smallest absolute Gasteiger partial charge is 0.248 e. The summed E-state index contributed by atoms with van der Waals surface area (Å²) < 4.78 is 5.96. The van der Waals surface area contributed by atoms with Crippen LogP contribution in [0.1, 0.15) is 30.9 Å². The van der Waals surface area contributed by atoms with Gasteiger partial charge in [0.15, 0.2) is 0 Å². The number of hydrogen-bond acceptors (Lipinski definition) is 2. The van der Waals surface area contributed by atoms with Crippen LogP contribution in [0, 0.1) is 0 Å². The highest BCUT2D eigenvalue weighted by Gasteiger charge is 2.03. The van der Waals surface area contributed by atoms with Crippen molar-refractivity contribution in [3.8, 4) is 5.75 Å². The average molecular weight is 374 g/mol. The Kier molecular flexibility index (Phi) is 5.99. The van der Waals surface area contributed by atoms with Gasteiger partial charge in [-0.05, 0) is 57.2 Å². The number of anilines is 1. The fourth-order valence-corrected chi connectivity index (χ4v) is 2.63. The van der Waals surface area contributed by atoms with Crippen molar-refractivity contribution in [3.63, 3.8) is 0 Å². The van der Waals surface area contributed by atoms with Crippen molar-refractivity contribution >= 4 is 33.6 Å². The summed E-state index contributed by atoms with van der Waals surface area (Å²) in [6.07, 6.45) is 3.33. The van der Waals surface area contributed by atoms with E-state index in [4.69, 9.17) is 4.74 Å². The Bertz CT molecular complexity index is 706. The summed E-state index contributed by atoms with van der Waals surface area (Å²) >= 11 is 3.40. The Morgan fingerprint density at radius 2 is 1.87 bits per heavy atom. The fourth-order valence-electron chi connectivity index (χ4n) is 2.09. The predicted octanol–water partition coefficient (Wildman–Crippen LogP) is 5.23. The van der Waals surface area contributed by atoms with Gasteiger partial charge < -0.3 is 10.1 Å². The highest BCUT2D eigenvalue weighted by molar-refractivity contribution is 9.10. The summed E-state index contributed by atoms with van der Waals surface area (Å²) in [5.74, 6) is 1.06. The second-order valence-corrected chi connectivity index (χ2v) is 6.35. The molecule has 1 N–H and O–H groups in total. The van der Waals surface area contributed by atoms with E-state index in [0.717, 1.165) is 15.8 Å². The van der Waals surface area contributed by atoms with E-state index < -0.39 is 0 Å². The molecule has 0 atom stereocenters. The summed E-state index contributed by atoms with van der Waals surface area (Å²) in [6.45, 7) is 4.32. The lowest BCUT2D eigenvalue weighted by molar-refractivity contribution is -0.111. The standard InChI is InChI=1S/C19H20BrNO2/c1-13(2)15-7-4-14(5-8-15)6-11-19(22)21-16-9-10-18(23-3)17(20)12-16/h4-13H,1-3H3,(H,21,22). The zero-order valence-electron chi connectivity index (χ0n) is 13.5. The molecule has 0 bridgehead atoms. The van der Waals surface area contributed by atoms with E-state index in [1.54, 1.807) is 25.3 Å². The maximum absolute atomic E-state index is 12.0. The Balaban J connectivity index is 2.00. The second kappa shape index (κ2) is 7.97. The number of methoxy groups -OCH3 is 1. The van der Waals surface area contributed by atoms with Crippen LogP contribution in [-0.2, 0) is 4.79 Å². The molecule has 23 heavy (non-hydrogen) atoms. The number of rotatable bonds is 5.